The van der Waals surface area contributed by atoms with Crippen LogP contribution in [-0.2, 0) is 4.79 Å². The molecule has 1 aromatic carbocycles. The van der Waals surface area contributed by atoms with Gasteiger partial charge in [-0.3, -0.25) is 0 Å². The normalized spacial score (nSPS) is 19.8. The summed E-state index contributed by atoms with van der Waals surface area (Å²) < 4.78 is 0. The van der Waals surface area contributed by atoms with Crippen LogP contribution in [0, 0.1) is 6.92 Å². The van der Waals surface area contributed by atoms with E-state index < -0.39 is 0 Å². The number of carbonyl (C=O) groups excluding carboxylic acids is 1. The smallest absolute Gasteiger partial charge is 0.106 e. The molecule has 1 heteroatoms. The summed E-state index contributed by atoms with van der Waals surface area (Å²) in [5.74, 6) is 0.440. The quantitative estimate of drug-likeness (QED) is 0.473. The first-order valence-corrected chi connectivity index (χ1v) is 8.23. The Labute approximate surface area is 146 Å². The largest absolute Gasteiger partial charge is 0.307 e. The van der Waals surface area contributed by atoms with Crippen LogP contribution in [-0.4, -0.2) is 6.79 Å². The maximum atomic E-state index is 8.00. The molecular weight excluding hydrogens is 292 g/mol. The van der Waals surface area contributed by atoms with E-state index in [1.54, 1.807) is 0 Å². The van der Waals surface area contributed by atoms with Crippen molar-refractivity contribution in [2.75, 3.05) is 0 Å². The van der Waals surface area contributed by atoms with Gasteiger partial charge in [-0.1, -0.05) is 78.9 Å². The molecule has 2 rings (SSSR count). The van der Waals surface area contributed by atoms with Gasteiger partial charge in [0.2, 0.25) is 0 Å². The number of hydrogen-bond donors (Lipinski definition) is 0. The molecule has 1 nitrogen and oxygen atoms in total. The third-order valence-electron chi connectivity index (χ3n) is 4.55. The first-order chi connectivity index (χ1) is 11.5. The van der Waals surface area contributed by atoms with Gasteiger partial charge >= 0.3 is 0 Å². The van der Waals surface area contributed by atoms with Gasteiger partial charge in [0.15, 0.2) is 0 Å². The van der Waals surface area contributed by atoms with E-state index in [0.717, 1.165) is 19.3 Å². The molecule has 1 fully saturated rings. The molecule has 0 amide bonds. The third kappa shape index (κ3) is 5.06. The number of hydrogen-bond acceptors (Lipinski definition) is 1. The van der Waals surface area contributed by atoms with Gasteiger partial charge in [-0.2, -0.15) is 0 Å². The summed E-state index contributed by atoms with van der Waals surface area (Å²) in [6, 6.07) is 8.87. The van der Waals surface area contributed by atoms with Crippen LogP contribution >= 0.6 is 0 Å². The Hall–Kier alpha value is -2.41. The number of carbonyl (C=O) groups is 1. The molecule has 1 aromatic rings. The second kappa shape index (κ2) is 9.67. The maximum Gasteiger partial charge on any atom is 0.106 e. The van der Waals surface area contributed by atoms with Gasteiger partial charge in [-0.15, -0.1) is 0 Å². The molecule has 0 saturated heterocycles. The van der Waals surface area contributed by atoms with Crippen LogP contribution in [0.1, 0.15) is 43.2 Å². The fourth-order valence-corrected chi connectivity index (χ4v) is 2.96. The average molecular weight is 320 g/mol. The fourth-order valence-electron chi connectivity index (χ4n) is 2.96. The van der Waals surface area contributed by atoms with E-state index in [0.29, 0.717) is 5.92 Å². The third-order valence-corrected chi connectivity index (χ3v) is 4.55. The fraction of sp³-hybridized carbons (Fsp3) is 0.261. The highest BCUT2D eigenvalue weighted by Gasteiger charge is 2.22. The number of benzene rings is 1. The molecule has 0 N–H and O–H groups in total. The minimum Gasteiger partial charge on any atom is -0.307 e. The van der Waals surface area contributed by atoms with E-state index in [9.17, 15) is 0 Å². The van der Waals surface area contributed by atoms with E-state index >= 15 is 0 Å². The number of rotatable bonds is 4. The molecule has 1 aliphatic carbocycles. The lowest BCUT2D eigenvalue weighted by molar-refractivity contribution is -0.0979. The van der Waals surface area contributed by atoms with E-state index in [1.165, 1.54) is 33.4 Å². The molecule has 1 atom stereocenters. The van der Waals surface area contributed by atoms with Gasteiger partial charge in [0, 0.05) is 5.92 Å². The molecule has 24 heavy (non-hydrogen) atoms. The van der Waals surface area contributed by atoms with E-state index in [4.69, 9.17) is 4.79 Å². The summed E-state index contributed by atoms with van der Waals surface area (Å²) in [7, 11) is 0. The molecule has 1 unspecified atom stereocenters. The Kier molecular flexibility index (Phi) is 7.91. The van der Waals surface area contributed by atoms with Crippen molar-refractivity contribution in [1.29, 1.82) is 0 Å². The summed E-state index contributed by atoms with van der Waals surface area (Å²) in [5, 5.41) is 0. The van der Waals surface area contributed by atoms with Crippen LogP contribution < -0.4 is 0 Å². The molecular formula is C23H28O. The zero-order valence-electron chi connectivity index (χ0n) is 15.0. The predicted octanol–water partition coefficient (Wildman–Crippen LogP) is 6.25. The molecule has 1 aliphatic rings. The predicted molar refractivity (Wildman–Crippen MR) is 105 cm³/mol. The molecule has 126 valence electrons. The van der Waals surface area contributed by atoms with Crippen LogP contribution in [0.2, 0.25) is 0 Å². The Morgan fingerprint density at radius 3 is 2.25 bits per heavy atom. The minimum absolute atomic E-state index is 0.440. The first kappa shape index (κ1) is 19.6. The summed E-state index contributed by atoms with van der Waals surface area (Å²) in [6.07, 6.45) is 9.34. The van der Waals surface area contributed by atoms with Crippen molar-refractivity contribution in [1.82, 2.24) is 0 Å². The second-order valence-corrected chi connectivity index (χ2v) is 6.17. The molecule has 0 spiro atoms. The van der Waals surface area contributed by atoms with Gasteiger partial charge in [0.05, 0.1) is 0 Å². The molecule has 0 radical (unpaired) electrons. The van der Waals surface area contributed by atoms with Crippen LogP contribution in [0.25, 0.3) is 0 Å². The lowest BCUT2D eigenvalue weighted by Crippen LogP contribution is -2.10. The highest BCUT2D eigenvalue weighted by molar-refractivity contribution is 5.42. The van der Waals surface area contributed by atoms with Crippen LogP contribution in [0.4, 0.5) is 0 Å². The average Bonchev–Trinajstić information content (AvgIpc) is 2.63. The van der Waals surface area contributed by atoms with Gasteiger partial charge in [-0.25, -0.2) is 0 Å². The van der Waals surface area contributed by atoms with E-state index in [2.05, 4.69) is 63.9 Å². The van der Waals surface area contributed by atoms with Gasteiger partial charge in [0.25, 0.3) is 0 Å². The van der Waals surface area contributed by atoms with Crippen molar-refractivity contribution in [2.24, 2.45) is 0 Å². The molecule has 0 aliphatic heterocycles. The van der Waals surface area contributed by atoms with E-state index in [1.807, 2.05) is 18.9 Å². The van der Waals surface area contributed by atoms with Crippen molar-refractivity contribution >= 4 is 6.79 Å². The van der Waals surface area contributed by atoms with Crippen LogP contribution in [0.5, 0.6) is 0 Å². The van der Waals surface area contributed by atoms with Crippen LogP contribution in [0.15, 0.2) is 84.5 Å². The second-order valence-electron chi connectivity index (χ2n) is 6.17. The zero-order valence-corrected chi connectivity index (χ0v) is 15.0. The van der Waals surface area contributed by atoms with Gasteiger partial charge in [-0.05, 0) is 49.8 Å². The topological polar surface area (TPSA) is 17.1 Å². The zero-order chi connectivity index (χ0) is 18.1. The van der Waals surface area contributed by atoms with E-state index in [-0.39, 0.29) is 0 Å². The summed E-state index contributed by atoms with van der Waals surface area (Å²) in [4.78, 5) is 8.00. The molecule has 1 saturated carbocycles. The van der Waals surface area contributed by atoms with Gasteiger partial charge in [0.1, 0.15) is 6.79 Å². The Morgan fingerprint density at radius 2 is 1.71 bits per heavy atom. The van der Waals surface area contributed by atoms with Gasteiger partial charge < -0.3 is 4.79 Å². The summed E-state index contributed by atoms with van der Waals surface area (Å²) in [5.41, 5.74) is 7.88. The van der Waals surface area contributed by atoms with Crippen LogP contribution in [0.3, 0.4) is 0 Å². The Balaban J connectivity index is 0.00000139. The molecule has 0 heterocycles. The summed E-state index contributed by atoms with van der Waals surface area (Å²) >= 11 is 0. The monoisotopic (exact) mass is 320 g/mol. The highest BCUT2D eigenvalue weighted by Crippen LogP contribution is 2.39. The Bertz CT molecular complexity index is 656. The van der Waals surface area contributed by atoms with Crippen molar-refractivity contribution in [3.8, 4) is 0 Å². The van der Waals surface area contributed by atoms with Crippen molar-refractivity contribution in [2.45, 2.75) is 39.0 Å². The number of aryl methyl sites for hydroxylation is 1. The van der Waals surface area contributed by atoms with Crippen molar-refractivity contribution < 1.29 is 4.79 Å². The summed E-state index contributed by atoms with van der Waals surface area (Å²) in [6.45, 7) is 18.3. The van der Waals surface area contributed by atoms with Crippen molar-refractivity contribution in [3.05, 3.63) is 95.6 Å². The molecule has 0 aromatic heterocycles. The number of allylic oxidation sites excluding steroid dienone is 7. The lowest BCUT2D eigenvalue weighted by Gasteiger charge is -2.27. The first-order valence-electron chi connectivity index (χ1n) is 8.23. The maximum absolute atomic E-state index is 8.00. The molecule has 0 bridgehead atoms. The standard InChI is InChI=1S/C22H26.CH2O/c1-6-17(4)20(7-2)14-19-11-10-18(5)22(15-19)21-12-8-16(3)9-13-21;1-2/h6-9,12-14,22H,1-2,5,10-11,15H2,3-4H3;1H2/b19-14+,20-17+;. The SMILES string of the molecule is C=C/C(C)=C(C=C)/C=C1\CCC(=C)C(c2ccc(C)cc2)C1.C=O. The Morgan fingerprint density at radius 1 is 1.08 bits per heavy atom. The highest BCUT2D eigenvalue weighted by atomic mass is 16.1. The van der Waals surface area contributed by atoms with Crippen molar-refractivity contribution in [3.63, 3.8) is 0 Å². The lowest BCUT2D eigenvalue weighted by atomic mass is 9.77. The minimum atomic E-state index is 0.440.